The van der Waals surface area contributed by atoms with Crippen LogP contribution in [0.15, 0.2) is 0 Å². The first-order valence-corrected chi connectivity index (χ1v) is 4.13. The first-order valence-electron chi connectivity index (χ1n) is 4.13. The highest BCUT2D eigenvalue weighted by molar-refractivity contribution is 5.83. The zero-order valence-corrected chi connectivity index (χ0v) is 7.92. The molecule has 72 valence electrons. The molecule has 0 fully saturated rings. The summed E-state index contributed by atoms with van der Waals surface area (Å²) in [5.41, 5.74) is 4.37. The maximum Gasteiger partial charge on any atom is 0.237 e. The summed E-state index contributed by atoms with van der Waals surface area (Å²) in [4.78, 5) is 10.8. The van der Waals surface area contributed by atoms with Crippen LogP contribution in [0.25, 0.3) is 0 Å². The van der Waals surface area contributed by atoms with Crippen LogP contribution in [0, 0.1) is 0 Å². The van der Waals surface area contributed by atoms with Gasteiger partial charge in [-0.25, -0.2) is 0 Å². The van der Waals surface area contributed by atoms with Gasteiger partial charge in [0.25, 0.3) is 0 Å². The van der Waals surface area contributed by atoms with Crippen molar-refractivity contribution >= 4 is 5.91 Å². The molecule has 0 heterocycles. The van der Waals surface area contributed by atoms with Crippen LogP contribution in [-0.4, -0.2) is 29.2 Å². The summed E-state index contributed by atoms with van der Waals surface area (Å²) in [5.74, 6) is -0.411. The maximum absolute atomic E-state index is 10.8. The van der Waals surface area contributed by atoms with Crippen molar-refractivity contribution < 1.29 is 9.90 Å². The normalized spacial score (nSPS) is 14.3. The van der Waals surface area contributed by atoms with E-state index in [9.17, 15) is 9.90 Å². The minimum Gasteiger partial charge on any atom is -0.392 e. The molecule has 0 saturated heterocycles. The smallest absolute Gasteiger partial charge is 0.237 e. The standard InChI is InChI=1S/C8H18N2O2/c1-4-6(11)5-10-8(2,3)7(9)12/h6,10-11H,4-5H2,1-3H3,(H2,9,12). The van der Waals surface area contributed by atoms with Crippen LogP contribution in [0.4, 0.5) is 0 Å². The van der Waals surface area contributed by atoms with E-state index >= 15 is 0 Å². The number of carbonyl (C=O) groups is 1. The molecule has 1 amide bonds. The van der Waals surface area contributed by atoms with Gasteiger partial charge in [-0.05, 0) is 20.3 Å². The summed E-state index contributed by atoms with van der Waals surface area (Å²) in [6, 6.07) is 0. The molecule has 0 aromatic carbocycles. The Kier molecular flexibility index (Phi) is 4.20. The Bertz CT molecular complexity index is 157. The number of carbonyl (C=O) groups excluding carboxylic acids is 1. The molecular weight excluding hydrogens is 156 g/mol. The van der Waals surface area contributed by atoms with E-state index in [-0.39, 0.29) is 0 Å². The molecular formula is C8H18N2O2. The molecule has 4 heteroatoms. The lowest BCUT2D eigenvalue weighted by atomic mass is 10.0. The van der Waals surface area contributed by atoms with Gasteiger partial charge in [-0.2, -0.15) is 0 Å². The van der Waals surface area contributed by atoms with Crippen LogP contribution in [0.3, 0.4) is 0 Å². The molecule has 0 spiro atoms. The summed E-state index contributed by atoms with van der Waals surface area (Å²) in [6.07, 6.45) is 0.255. The van der Waals surface area contributed by atoms with Crippen LogP contribution in [0.2, 0.25) is 0 Å². The minimum atomic E-state index is -0.740. The van der Waals surface area contributed by atoms with E-state index in [0.29, 0.717) is 13.0 Å². The van der Waals surface area contributed by atoms with E-state index in [1.807, 2.05) is 6.92 Å². The second kappa shape index (κ2) is 4.42. The third-order valence-electron chi connectivity index (χ3n) is 1.87. The number of hydrogen-bond donors (Lipinski definition) is 3. The second-order valence-corrected chi connectivity index (χ2v) is 3.43. The van der Waals surface area contributed by atoms with E-state index in [0.717, 1.165) is 0 Å². The van der Waals surface area contributed by atoms with Crippen LogP contribution < -0.4 is 11.1 Å². The number of amides is 1. The van der Waals surface area contributed by atoms with Crippen LogP contribution in [-0.2, 0) is 4.79 Å². The third kappa shape index (κ3) is 3.69. The predicted octanol–water partition coefficient (Wildman–Crippen LogP) is -0.389. The molecule has 1 atom stereocenters. The van der Waals surface area contributed by atoms with Crippen molar-refractivity contribution in [2.75, 3.05) is 6.54 Å². The number of β-amino-alcohol motifs (C(OH)–C–C–N with tert-alkyl or cyclic N) is 1. The number of nitrogens with two attached hydrogens (primary N) is 1. The van der Waals surface area contributed by atoms with Crippen molar-refractivity contribution in [3.63, 3.8) is 0 Å². The Balaban J connectivity index is 3.83. The molecule has 0 rings (SSSR count). The zero-order valence-electron chi connectivity index (χ0n) is 7.92. The number of aliphatic hydroxyl groups is 1. The van der Waals surface area contributed by atoms with Crippen molar-refractivity contribution in [1.29, 1.82) is 0 Å². The highest BCUT2D eigenvalue weighted by Gasteiger charge is 2.24. The largest absolute Gasteiger partial charge is 0.392 e. The highest BCUT2D eigenvalue weighted by Crippen LogP contribution is 2.00. The molecule has 0 saturated carbocycles. The first-order chi connectivity index (χ1) is 5.40. The zero-order chi connectivity index (χ0) is 9.78. The van der Waals surface area contributed by atoms with Gasteiger partial charge in [-0.15, -0.1) is 0 Å². The Morgan fingerprint density at radius 2 is 2.17 bits per heavy atom. The Labute approximate surface area is 73.1 Å². The van der Waals surface area contributed by atoms with E-state index in [4.69, 9.17) is 5.73 Å². The maximum atomic E-state index is 10.8. The summed E-state index contributed by atoms with van der Waals surface area (Å²) in [7, 11) is 0. The summed E-state index contributed by atoms with van der Waals surface area (Å²) < 4.78 is 0. The molecule has 4 nitrogen and oxygen atoms in total. The van der Waals surface area contributed by atoms with Gasteiger partial charge in [0.1, 0.15) is 0 Å². The van der Waals surface area contributed by atoms with Crippen molar-refractivity contribution in [2.24, 2.45) is 5.73 Å². The number of primary amides is 1. The summed E-state index contributed by atoms with van der Waals surface area (Å²) >= 11 is 0. The van der Waals surface area contributed by atoms with Gasteiger partial charge >= 0.3 is 0 Å². The van der Waals surface area contributed by atoms with Crippen molar-refractivity contribution in [2.45, 2.75) is 38.8 Å². The van der Waals surface area contributed by atoms with Gasteiger partial charge in [-0.3, -0.25) is 4.79 Å². The Morgan fingerprint density at radius 1 is 1.67 bits per heavy atom. The topological polar surface area (TPSA) is 75.3 Å². The van der Waals surface area contributed by atoms with Gasteiger partial charge in [0.05, 0.1) is 11.6 Å². The van der Waals surface area contributed by atoms with E-state index < -0.39 is 17.6 Å². The lowest BCUT2D eigenvalue weighted by Gasteiger charge is -2.23. The molecule has 1 unspecified atom stereocenters. The van der Waals surface area contributed by atoms with E-state index in [1.54, 1.807) is 13.8 Å². The molecule has 0 aromatic rings. The van der Waals surface area contributed by atoms with Crippen molar-refractivity contribution in [3.05, 3.63) is 0 Å². The summed E-state index contributed by atoms with van der Waals surface area (Å²) in [6.45, 7) is 5.66. The van der Waals surface area contributed by atoms with E-state index in [1.165, 1.54) is 0 Å². The van der Waals surface area contributed by atoms with E-state index in [2.05, 4.69) is 5.32 Å². The molecule has 0 aliphatic rings. The molecule has 0 aliphatic carbocycles. The highest BCUT2D eigenvalue weighted by atomic mass is 16.3. The van der Waals surface area contributed by atoms with Crippen LogP contribution in [0.5, 0.6) is 0 Å². The molecule has 12 heavy (non-hydrogen) atoms. The average Bonchev–Trinajstić information content (AvgIpc) is 2.00. The first kappa shape index (κ1) is 11.4. The fraction of sp³-hybridized carbons (Fsp3) is 0.875. The lowest BCUT2D eigenvalue weighted by molar-refractivity contribution is -0.123. The van der Waals surface area contributed by atoms with Gasteiger partial charge in [0.2, 0.25) is 5.91 Å². The minimum absolute atomic E-state index is 0.395. The van der Waals surface area contributed by atoms with Gasteiger partial charge in [-0.1, -0.05) is 6.92 Å². The fourth-order valence-corrected chi connectivity index (χ4v) is 0.604. The van der Waals surface area contributed by atoms with Gasteiger partial charge < -0.3 is 16.2 Å². The van der Waals surface area contributed by atoms with Crippen LogP contribution >= 0.6 is 0 Å². The lowest BCUT2D eigenvalue weighted by Crippen LogP contribution is -2.52. The predicted molar refractivity (Wildman–Crippen MR) is 47.6 cm³/mol. The fourth-order valence-electron chi connectivity index (χ4n) is 0.604. The molecule has 0 radical (unpaired) electrons. The van der Waals surface area contributed by atoms with Gasteiger partial charge in [0.15, 0.2) is 0 Å². The molecule has 0 aromatic heterocycles. The Morgan fingerprint density at radius 3 is 2.50 bits per heavy atom. The monoisotopic (exact) mass is 174 g/mol. The molecule has 4 N–H and O–H groups in total. The SMILES string of the molecule is CCC(O)CNC(C)(C)C(N)=O. The molecule has 0 aliphatic heterocycles. The number of aliphatic hydroxyl groups excluding tert-OH is 1. The number of nitrogens with one attached hydrogen (secondary N) is 1. The average molecular weight is 174 g/mol. The van der Waals surface area contributed by atoms with Crippen molar-refractivity contribution in [1.82, 2.24) is 5.32 Å². The summed E-state index contributed by atoms with van der Waals surface area (Å²) in [5, 5.41) is 12.1. The van der Waals surface area contributed by atoms with Gasteiger partial charge in [0, 0.05) is 6.54 Å². The quantitative estimate of drug-likeness (QED) is 0.531. The van der Waals surface area contributed by atoms with Crippen molar-refractivity contribution in [3.8, 4) is 0 Å². The molecule has 0 bridgehead atoms. The number of hydrogen-bond acceptors (Lipinski definition) is 3. The second-order valence-electron chi connectivity index (χ2n) is 3.43. The number of rotatable bonds is 5. The Hall–Kier alpha value is -0.610. The third-order valence-corrected chi connectivity index (χ3v) is 1.87. The van der Waals surface area contributed by atoms with Crippen LogP contribution in [0.1, 0.15) is 27.2 Å².